The summed E-state index contributed by atoms with van der Waals surface area (Å²) in [5.74, 6) is 0.175. The lowest BCUT2D eigenvalue weighted by molar-refractivity contribution is 0.0953. The zero-order valence-electron chi connectivity index (χ0n) is 19.6. The van der Waals surface area contributed by atoms with E-state index in [1.807, 2.05) is 25.1 Å². The third kappa shape index (κ3) is 4.72. The number of aromatic amines is 1. The number of carbonyl (C=O) groups is 1. The molecule has 0 atom stereocenters. The first-order chi connectivity index (χ1) is 17.0. The summed E-state index contributed by atoms with van der Waals surface area (Å²) < 4.78 is 14.8. The predicted molar refractivity (Wildman–Crippen MR) is 135 cm³/mol. The van der Waals surface area contributed by atoms with Gasteiger partial charge in [0.05, 0.1) is 17.9 Å². The van der Waals surface area contributed by atoms with Crippen molar-refractivity contribution in [1.82, 2.24) is 25.5 Å². The number of piperidine rings is 1. The highest BCUT2D eigenvalue weighted by atomic mass is 19.1. The lowest BCUT2D eigenvalue weighted by Gasteiger charge is -2.30. The van der Waals surface area contributed by atoms with Crippen molar-refractivity contribution in [3.8, 4) is 22.5 Å². The van der Waals surface area contributed by atoms with Crippen LogP contribution >= 0.6 is 0 Å². The van der Waals surface area contributed by atoms with Crippen LogP contribution in [0.25, 0.3) is 33.4 Å². The average Bonchev–Trinajstić information content (AvgIpc) is 3.31. The van der Waals surface area contributed by atoms with Crippen molar-refractivity contribution < 1.29 is 9.18 Å². The Bertz CT molecular complexity index is 1360. The molecular weight excluding hydrogens is 445 g/mol. The van der Waals surface area contributed by atoms with E-state index in [1.54, 1.807) is 18.5 Å². The molecule has 0 spiro atoms. The first-order valence-electron chi connectivity index (χ1n) is 11.9. The minimum atomic E-state index is -0.397. The summed E-state index contributed by atoms with van der Waals surface area (Å²) in [4.78, 5) is 23.8. The summed E-state index contributed by atoms with van der Waals surface area (Å²) in [6.07, 6.45) is 6.10. The number of H-pyrrole nitrogens is 1. The van der Waals surface area contributed by atoms with Crippen molar-refractivity contribution in [3.63, 3.8) is 0 Å². The molecular formula is C26H28FN7O. The number of nitrogens with one attached hydrogen (secondary N) is 2. The largest absolute Gasteiger partial charge is 0.355 e. The quantitative estimate of drug-likeness (QED) is 0.392. The van der Waals surface area contributed by atoms with E-state index >= 15 is 0 Å². The number of fused-ring (bicyclic) bond motifs is 1. The first kappa shape index (κ1) is 22.9. The SMILES string of the molecule is CCCNC(=O)c1ccc(F)c(-c2ccc3[nH]nc(-c4cncc(N5CCC(N)CC5)n4)c3c2)c1. The molecule has 0 unspecified atom stereocenters. The monoisotopic (exact) mass is 473 g/mol. The Morgan fingerprint density at radius 2 is 2.03 bits per heavy atom. The van der Waals surface area contributed by atoms with Gasteiger partial charge in [0.1, 0.15) is 23.0 Å². The van der Waals surface area contributed by atoms with Gasteiger partial charge in [0.15, 0.2) is 0 Å². The third-order valence-corrected chi connectivity index (χ3v) is 6.37. The van der Waals surface area contributed by atoms with E-state index in [2.05, 4.69) is 25.4 Å². The Labute approximate surface area is 202 Å². The van der Waals surface area contributed by atoms with E-state index in [1.165, 1.54) is 12.1 Å². The molecule has 1 aliphatic heterocycles. The van der Waals surface area contributed by atoms with Gasteiger partial charge in [-0.1, -0.05) is 13.0 Å². The molecule has 35 heavy (non-hydrogen) atoms. The number of anilines is 1. The van der Waals surface area contributed by atoms with Crippen molar-refractivity contribution in [1.29, 1.82) is 0 Å². The van der Waals surface area contributed by atoms with Crippen molar-refractivity contribution >= 4 is 22.6 Å². The normalized spacial score (nSPS) is 14.4. The molecule has 8 nitrogen and oxygen atoms in total. The second kappa shape index (κ2) is 9.79. The average molecular weight is 474 g/mol. The maximum Gasteiger partial charge on any atom is 0.251 e. The Morgan fingerprint density at radius 3 is 2.83 bits per heavy atom. The van der Waals surface area contributed by atoms with Gasteiger partial charge in [-0.25, -0.2) is 9.37 Å². The number of aromatic nitrogens is 4. The van der Waals surface area contributed by atoms with Crippen LogP contribution in [-0.4, -0.2) is 51.7 Å². The smallest absolute Gasteiger partial charge is 0.251 e. The highest BCUT2D eigenvalue weighted by molar-refractivity contribution is 5.97. The van der Waals surface area contributed by atoms with Crippen molar-refractivity contribution in [2.24, 2.45) is 5.73 Å². The van der Waals surface area contributed by atoms with Crippen LogP contribution < -0.4 is 16.0 Å². The summed E-state index contributed by atoms with van der Waals surface area (Å²) in [5, 5.41) is 11.1. The summed E-state index contributed by atoms with van der Waals surface area (Å²) in [7, 11) is 0. The number of halogens is 1. The van der Waals surface area contributed by atoms with Gasteiger partial charge in [-0.2, -0.15) is 5.10 Å². The minimum Gasteiger partial charge on any atom is -0.355 e. The lowest BCUT2D eigenvalue weighted by Crippen LogP contribution is -2.40. The molecule has 2 aromatic carbocycles. The van der Waals surface area contributed by atoms with Crippen LogP contribution in [0.5, 0.6) is 0 Å². The minimum absolute atomic E-state index is 0.219. The van der Waals surface area contributed by atoms with E-state index in [9.17, 15) is 9.18 Å². The number of rotatable bonds is 6. The third-order valence-electron chi connectivity index (χ3n) is 6.37. The molecule has 0 radical (unpaired) electrons. The highest BCUT2D eigenvalue weighted by Gasteiger charge is 2.19. The zero-order chi connectivity index (χ0) is 24.4. The van der Waals surface area contributed by atoms with Crippen molar-refractivity contribution in [2.45, 2.75) is 32.2 Å². The number of nitrogens with two attached hydrogens (primary N) is 1. The van der Waals surface area contributed by atoms with Crippen molar-refractivity contribution in [2.75, 3.05) is 24.5 Å². The molecule has 0 saturated carbocycles. The highest BCUT2D eigenvalue weighted by Crippen LogP contribution is 2.32. The van der Waals surface area contributed by atoms with Crippen LogP contribution in [0.15, 0.2) is 48.8 Å². The zero-order valence-corrected chi connectivity index (χ0v) is 19.6. The van der Waals surface area contributed by atoms with Gasteiger partial charge in [-0.05, 0) is 55.2 Å². The van der Waals surface area contributed by atoms with Crippen LogP contribution in [0.1, 0.15) is 36.5 Å². The lowest BCUT2D eigenvalue weighted by atomic mass is 9.99. The van der Waals surface area contributed by atoms with Crippen LogP contribution in [0, 0.1) is 5.82 Å². The Kier molecular flexibility index (Phi) is 6.41. The molecule has 1 fully saturated rings. The Hall–Kier alpha value is -3.85. The first-order valence-corrected chi connectivity index (χ1v) is 11.9. The number of benzene rings is 2. The van der Waals surface area contributed by atoms with E-state index in [0.29, 0.717) is 34.6 Å². The van der Waals surface area contributed by atoms with Gasteiger partial charge in [0, 0.05) is 42.2 Å². The topological polar surface area (TPSA) is 113 Å². The summed E-state index contributed by atoms with van der Waals surface area (Å²) in [6, 6.07) is 10.2. The fourth-order valence-corrected chi connectivity index (χ4v) is 4.36. The summed E-state index contributed by atoms with van der Waals surface area (Å²) in [5.41, 5.74) is 9.54. The predicted octanol–water partition coefficient (Wildman–Crippen LogP) is 3.89. The maximum absolute atomic E-state index is 14.8. The summed E-state index contributed by atoms with van der Waals surface area (Å²) >= 11 is 0. The van der Waals surface area contributed by atoms with E-state index in [0.717, 1.165) is 49.1 Å². The van der Waals surface area contributed by atoms with Gasteiger partial charge < -0.3 is 16.0 Å². The number of amides is 1. The fraction of sp³-hybridized carbons (Fsp3) is 0.308. The second-order valence-electron chi connectivity index (χ2n) is 8.87. The molecule has 4 aromatic rings. The number of nitrogens with zero attached hydrogens (tertiary/aromatic N) is 4. The van der Waals surface area contributed by atoms with Crippen molar-refractivity contribution in [3.05, 3.63) is 60.2 Å². The number of hydrogen-bond donors (Lipinski definition) is 3. The van der Waals surface area contributed by atoms with Gasteiger partial charge >= 0.3 is 0 Å². The molecule has 4 N–H and O–H groups in total. The molecule has 9 heteroatoms. The van der Waals surface area contributed by atoms with E-state index < -0.39 is 5.82 Å². The molecule has 1 aliphatic rings. The Morgan fingerprint density at radius 1 is 1.20 bits per heavy atom. The molecule has 0 bridgehead atoms. The molecule has 1 amide bonds. The van der Waals surface area contributed by atoms with Crippen LogP contribution in [0.2, 0.25) is 0 Å². The molecule has 5 rings (SSSR count). The van der Waals surface area contributed by atoms with Crippen LogP contribution in [0.4, 0.5) is 10.2 Å². The van der Waals surface area contributed by atoms with Gasteiger partial charge in [0.2, 0.25) is 0 Å². The molecule has 0 aliphatic carbocycles. The van der Waals surface area contributed by atoms with Crippen LogP contribution in [-0.2, 0) is 0 Å². The van der Waals surface area contributed by atoms with Gasteiger partial charge in [0.25, 0.3) is 5.91 Å². The second-order valence-corrected chi connectivity index (χ2v) is 8.87. The summed E-state index contributed by atoms with van der Waals surface area (Å²) in [6.45, 7) is 4.23. The molecule has 3 heterocycles. The fourth-order valence-electron chi connectivity index (χ4n) is 4.36. The van der Waals surface area contributed by atoms with Gasteiger partial charge in [-0.15, -0.1) is 0 Å². The molecule has 2 aromatic heterocycles. The number of carbonyl (C=O) groups excluding carboxylic acids is 1. The Balaban J connectivity index is 1.50. The molecule has 180 valence electrons. The standard InChI is InChI=1S/C26H28FN7O/c1-2-9-30-26(35)17-3-5-21(27)19(13-17)16-4-6-22-20(12-16)25(33-32-22)23-14-29-15-24(31-23)34-10-7-18(28)8-11-34/h3-6,12-15,18H,2,7-11,28H2,1H3,(H,30,35)(H,32,33). The molecule has 1 saturated heterocycles. The van der Waals surface area contributed by atoms with E-state index in [4.69, 9.17) is 10.7 Å². The van der Waals surface area contributed by atoms with Crippen LogP contribution in [0.3, 0.4) is 0 Å². The maximum atomic E-state index is 14.8. The van der Waals surface area contributed by atoms with Gasteiger partial charge in [-0.3, -0.25) is 14.9 Å². The van der Waals surface area contributed by atoms with E-state index in [-0.39, 0.29) is 11.9 Å². The number of hydrogen-bond acceptors (Lipinski definition) is 6.